The van der Waals surface area contributed by atoms with Gasteiger partial charge in [0, 0.05) is 12.3 Å². The van der Waals surface area contributed by atoms with Gasteiger partial charge in [0.05, 0.1) is 6.61 Å². The molecule has 122 valence electrons. The van der Waals surface area contributed by atoms with Gasteiger partial charge in [-0.1, -0.05) is 59.7 Å². The van der Waals surface area contributed by atoms with Crippen molar-refractivity contribution < 1.29 is 4.74 Å². The van der Waals surface area contributed by atoms with Crippen LogP contribution in [0.5, 0.6) is 5.88 Å². The van der Waals surface area contributed by atoms with Crippen molar-refractivity contribution in [2.24, 2.45) is 11.3 Å². The zero-order valence-electron chi connectivity index (χ0n) is 14.8. The molecule has 1 aliphatic rings. The number of hydrogen-bond acceptors (Lipinski definition) is 4. The molecule has 1 aliphatic carbocycles. The van der Waals surface area contributed by atoms with E-state index < -0.39 is 0 Å². The van der Waals surface area contributed by atoms with E-state index in [1.807, 2.05) is 40.0 Å². The van der Waals surface area contributed by atoms with Gasteiger partial charge in [0.1, 0.15) is 0 Å². The Morgan fingerprint density at radius 3 is 2.48 bits per heavy atom. The van der Waals surface area contributed by atoms with Crippen LogP contribution in [0.1, 0.15) is 60.8 Å². The number of nitrogens with zero attached hydrogens (tertiary/aromatic N) is 2. The predicted octanol–water partition coefficient (Wildman–Crippen LogP) is 5.46. The number of rotatable bonds is 4. The largest absolute Gasteiger partial charge is 0.477 e. The molecule has 0 aromatic carbocycles. The van der Waals surface area contributed by atoms with Crippen molar-refractivity contribution >= 4 is 11.8 Å². The summed E-state index contributed by atoms with van der Waals surface area (Å²) in [5.41, 5.74) is 0.412. The summed E-state index contributed by atoms with van der Waals surface area (Å²) in [7, 11) is 0. The molecule has 1 heterocycles. The van der Waals surface area contributed by atoms with E-state index in [1.54, 1.807) is 6.20 Å². The first-order valence-electron chi connectivity index (χ1n) is 8.11. The molecule has 1 aromatic heterocycles. The second kappa shape index (κ2) is 10.9. The Hall–Kier alpha value is -0.770. The molecule has 1 atom stereocenters. The molecular formula is C17H32N2OS. The lowest BCUT2D eigenvalue weighted by Gasteiger charge is -2.26. The Labute approximate surface area is 135 Å². The molecular weight excluding hydrogens is 280 g/mol. The SMILES string of the molecule is CC.CC.CSc1nccc(OC[C@H]2CCCC2(C)C)n1. The van der Waals surface area contributed by atoms with Gasteiger partial charge in [-0.15, -0.1) is 0 Å². The highest BCUT2D eigenvalue weighted by Gasteiger charge is 2.34. The topological polar surface area (TPSA) is 35.0 Å². The summed E-state index contributed by atoms with van der Waals surface area (Å²) in [6.45, 7) is 13.4. The molecule has 0 bridgehead atoms. The van der Waals surface area contributed by atoms with Crippen LogP contribution in [0.25, 0.3) is 0 Å². The van der Waals surface area contributed by atoms with Crippen LogP contribution in [0.15, 0.2) is 17.4 Å². The van der Waals surface area contributed by atoms with E-state index in [1.165, 1.54) is 31.0 Å². The Morgan fingerprint density at radius 2 is 1.95 bits per heavy atom. The highest BCUT2D eigenvalue weighted by Crippen LogP contribution is 2.42. The zero-order valence-corrected chi connectivity index (χ0v) is 15.6. The van der Waals surface area contributed by atoms with Crippen LogP contribution in [0.2, 0.25) is 0 Å². The van der Waals surface area contributed by atoms with Crippen molar-refractivity contribution in [1.82, 2.24) is 9.97 Å². The van der Waals surface area contributed by atoms with Crippen LogP contribution < -0.4 is 4.74 Å². The third-order valence-electron chi connectivity index (χ3n) is 3.70. The number of aromatic nitrogens is 2. The van der Waals surface area contributed by atoms with Gasteiger partial charge < -0.3 is 4.74 Å². The third-order valence-corrected chi connectivity index (χ3v) is 4.26. The number of hydrogen-bond donors (Lipinski definition) is 0. The number of ether oxygens (including phenoxy) is 1. The normalized spacial score (nSPS) is 18.9. The summed E-state index contributed by atoms with van der Waals surface area (Å²) in [5.74, 6) is 1.35. The quantitative estimate of drug-likeness (QED) is 0.546. The van der Waals surface area contributed by atoms with E-state index in [2.05, 4.69) is 23.8 Å². The molecule has 2 rings (SSSR count). The Balaban J connectivity index is 0.000000921. The van der Waals surface area contributed by atoms with Gasteiger partial charge >= 0.3 is 0 Å². The molecule has 0 aliphatic heterocycles. The smallest absolute Gasteiger partial charge is 0.217 e. The molecule has 0 radical (unpaired) electrons. The lowest BCUT2D eigenvalue weighted by atomic mass is 9.82. The summed E-state index contributed by atoms with van der Waals surface area (Å²) in [6, 6.07) is 1.83. The fourth-order valence-corrected chi connectivity index (χ4v) is 2.75. The Kier molecular flexibility index (Phi) is 10.5. The summed E-state index contributed by atoms with van der Waals surface area (Å²) in [6.07, 6.45) is 7.63. The second-order valence-electron chi connectivity index (χ2n) is 5.27. The van der Waals surface area contributed by atoms with Crippen molar-refractivity contribution in [3.05, 3.63) is 12.3 Å². The maximum atomic E-state index is 5.80. The molecule has 0 N–H and O–H groups in total. The summed E-state index contributed by atoms with van der Waals surface area (Å²) in [5, 5.41) is 0.771. The summed E-state index contributed by atoms with van der Waals surface area (Å²) < 4.78 is 5.80. The maximum absolute atomic E-state index is 5.80. The van der Waals surface area contributed by atoms with Gasteiger partial charge in [0.2, 0.25) is 5.88 Å². The summed E-state index contributed by atoms with van der Waals surface area (Å²) in [4.78, 5) is 8.47. The van der Waals surface area contributed by atoms with Crippen LogP contribution in [0, 0.1) is 11.3 Å². The van der Waals surface area contributed by atoms with Gasteiger partial charge in [-0.25, -0.2) is 4.98 Å². The maximum Gasteiger partial charge on any atom is 0.217 e. The molecule has 1 fully saturated rings. The van der Waals surface area contributed by atoms with E-state index in [4.69, 9.17) is 4.74 Å². The van der Waals surface area contributed by atoms with Gasteiger partial charge in [-0.05, 0) is 30.4 Å². The highest BCUT2D eigenvalue weighted by molar-refractivity contribution is 7.98. The lowest BCUT2D eigenvalue weighted by molar-refractivity contribution is 0.156. The van der Waals surface area contributed by atoms with E-state index in [0.29, 0.717) is 17.2 Å². The van der Waals surface area contributed by atoms with Crippen molar-refractivity contribution in [3.63, 3.8) is 0 Å². The number of thioether (sulfide) groups is 1. The zero-order chi connectivity index (χ0) is 16.3. The van der Waals surface area contributed by atoms with Crippen molar-refractivity contribution in [3.8, 4) is 5.88 Å². The molecule has 0 spiro atoms. The first kappa shape index (κ1) is 20.2. The van der Waals surface area contributed by atoms with Gasteiger partial charge in [0.15, 0.2) is 5.16 Å². The highest BCUT2D eigenvalue weighted by atomic mass is 32.2. The van der Waals surface area contributed by atoms with Crippen LogP contribution in [-0.2, 0) is 0 Å². The molecule has 1 aromatic rings. The van der Waals surface area contributed by atoms with Crippen molar-refractivity contribution in [2.45, 2.75) is 66.0 Å². The van der Waals surface area contributed by atoms with Crippen molar-refractivity contribution in [1.29, 1.82) is 0 Å². The Bertz CT molecular complexity index is 383. The van der Waals surface area contributed by atoms with Crippen LogP contribution in [0.4, 0.5) is 0 Å². The monoisotopic (exact) mass is 312 g/mol. The van der Waals surface area contributed by atoms with Crippen LogP contribution in [-0.4, -0.2) is 22.8 Å². The molecule has 4 heteroatoms. The minimum absolute atomic E-state index is 0.412. The molecule has 0 unspecified atom stereocenters. The molecule has 0 amide bonds. The summed E-state index contributed by atoms with van der Waals surface area (Å²) >= 11 is 1.54. The van der Waals surface area contributed by atoms with Gasteiger partial charge in [-0.2, -0.15) is 4.98 Å². The third kappa shape index (κ3) is 6.68. The lowest BCUT2D eigenvalue weighted by Crippen LogP contribution is -2.23. The van der Waals surface area contributed by atoms with Crippen LogP contribution in [0.3, 0.4) is 0 Å². The molecule has 21 heavy (non-hydrogen) atoms. The van der Waals surface area contributed by atoms with E-state index in [-0.39, 0.29) is 0 Å². The first-order valence-corrected chi connectivity index (χ1v) is 9.34. The average Bonchev–Trinajstić information content (AvgIpc) is 2.88. The standard InChI is InChI=1S/C13H20N2OS.2C2H6/c1-13(2)7-4-5-10(13)9-16-11-6-8-14-12(15-11)17-3;2*1-2/h6,8,10H,4-5,7,9H2,1-3H3;2*1-2H3/t10-;;/m1../s1. The van der Waals surface area contributed by atoms with Gasteiger partial charge in [-0.3, -0.25) is 0 Å². The molecule has 3 nitrogen and oxygen atoms in total. The van der Waals surface area contributed by atoms with E-state index >= 15 is 0 Å². The van der Waals surface area contributed by atoms with Crippen LogP contribution >= 0.6 is 11.8 Å². The van der Waals surface area contributed by atoms with E-state index in [0.717, 1.165) is 11.8 Å². The molecule has 0 saturated heterocycles. The second-order valence-corrected chi connectivity index (χ2v) is 6.04. The fraction of sp³-hybridized carbons (Fsp3) is 0.765. The van der Waals surface area contributed by atoms with Gasteiger partial charge in [0.25, 0.3) is 0 Å². The molecule has 1 saturated carbocycles. The first-order chi connectivity index (χ1) is 10.1. The fourth-order valence-electron chi connectivity index (χ4n) is 2.40. The average molecular weight is 313 g/mol. The van der Waals surface area contributed by atoms with E-state index in [9.17, 15) is 0 Å². The predicted molar refractivity (Wildman–Crippen MR) is 93.1 cm³/mol. The Morgan fingerprint density at radius 1 is 1.29 bits per heavy atom. The van der Waals surface area contributed by atoms with Crippen molar-refractivity contribution in [2.75, 3.05) is 12.9 Å². The minimum Gasteiger partial charge on any atom is -0.477 e. The minimum atomic E-state index is 0.412.